The Kier molecular flexibility index (Phi) is 8.74. The number of ether oxygens (including phenoxy) is 1. The van der Waals surface area contributed by atoms with E-state index in [0.29, 0.717) is 0 Å². The second-order valence-corrected chi connectivity index (χ2v) is 5.89. The topological polar surface area (TPSA) is 63.5 Å². The maximum Gasteiger partial charge on any atom is 0.191 e. The lowest BCUT2D eigenvalue weighted by atomic mass is 10.0. The van der Waals surface area contributed by atoms with E-state index in [1.165, 1.54) is 5.56 Å². The van der Waals surface area contributed by atoms with E-state index < -0.39 is 0 Å². The number of hydrogen-bond acceptors (Lipinski definition) is 3. The third-order valence-corrected chi connectivity index (χ3v) is 3.82. The number of nitrogens with one attached hydrogen (secondary N) is 2. The van der Waals surface area contributed by atoms with Crippen molar-refractivity contribution in [2.75, 3.05) is 20.7 Å². The van der Waals surface area contributed by atoms with Gasteiger partial charge in [0.2, 0.25) is 0 Å². The highest BCUT2D eigenvalue weighted by Crippen LogP contribution is 2.25. The molecule has 1 aromatic heterocycles. The van der Waals surface area contributed by atoms with Gasteiger partial charge in [-0.1, -0.05) is 17.7 Å². The molecule has 0 aliphatic heterocycles. The molecule has 0 saturated carbocycles. The minimum absolute atomic E-state index is 0. The van der Waals surface area contributed by atoms with Gasteiger partial charge < -0.3 is 15.4 Å². The fourth-order valence-electron chi connectivity index (χ4n) is 2.55. The summed E-state index contributed by atoms with van der Waals surface area (Å²) in [6.07, 6.45) is 3.89. The third-order valence-electron chi connectivity index (χ3n) is 3.82. The maximum absolute atomic E-state index is 5.47. The Bertz CT molecular complexity index is 699. The van der Waals surface area contributed by atoms with Gasteiger partial charge in [-0.25, -0.2) is 0 Å². The van der Waals surface area contributed by atoms with Crippen molar-refractivity contribution in [2.45, 2.75) is 33.4 Å². The molecule has 0 aliphatic rings. The number of aliphatic imine (C=N–C) groups is 1. The molecule has 0 saturated heterocycles. The van der Waals surface area contributed by atoms with Gasteiger partial charge in [0.1, 0.15) is 5.75 Å². The maximum atomic E-state index is 5.47. The van der Waals surface area contributed by atoms with Crippen LogP contribution in [0.5, 0.6) is 5.75 Å². The lowest BCUT2D eigenvalue weighted by Crippen LogP contribution is -2.40. The SMILES string of the molecule is CN=C(NCCn1cc(C)cn1)NC(C)c1cc(C)ccc1OC.I. The van der Waals surface area contributed by atoms with Gasteiger partial charge in [-0.15, -0.1) is 24.0 Å². The Morgan fingerprint density at radius 3 is 2.68 bits per heavy atom. The number of hydrogen-bond donors (Lipinski definition) is 2. The van der Waals surface area contributed by atoms with E-state index in [4.69, 9.17) is 4.74 Å². The smallest absolute Gasteiger partial charge is 0.191 e. The molecule has 25 heavy (non-hydrogen) atoms. The fourth-order valence-corrected chi connectivity index (χ4v) is 2.55. The minimum Gasteiger partial charge on any atom is -0.496 e. The summed E-state index contributed by atoms with van der Waals surface area (Å²) >= 11 is 0. The standard InChI is InChI=1S/C18H27N5O.HI/c1-13-6-7-17(24-5)16(10-13)15(3)22-18(19-4)20-8-9-23-12-14(2)11-21-23;/h6-7,10-12,15H,8-9H2,1-5H3,(H2,19,20,22);1H. The van der Waals surface area contributed by atoms with E-state index in [-0.39, 0.29) is 30.0 Å². The van der Waals surface area contributed by atoms with Crippen molar-refractivity contribution in [3.8, 4) is 5.75 Å². The summed E-state index contributed by atoms with van der Waals surface area (Å²) < 4.78 is 7.39. The van der Waals surface area contributed by atoms with E-state index in [9.17, 15) is 0 Å². The van der Waals surface area contributed by atoms with Gasteiger partial charge >= 0.3 is 0 Å². The normalized spacial score (nSPS) is 12.3. The molecule has 2 N–H and O–H groups in total. The molecular weight excluding hydrogens is 429 g/mol. The van der Waals surface area contributed by atoms with Crippen LogP contribution in [-0.2, 0) is 6.54 Å². The molecule has 0 radical (unpaired) electrons. The molecule has 0 fully saturated rings. The highest BCUT2D eigenvalue weighted by molar-refractivity contribution is 14.0. The first-order valence-corrected chi connectivity index (χ1v) is 8.14. The lowest BCUT2D eigenvalue weighted by Gasteiger charge is -2.20. The molecule has 1 atom stereocenters. The van der Waals surface area contributed by atoms with Crippen molar-refractivity contribution in [1.82, 2.24) is 20.4 Å². The Morgan fingerprint density at radius 2 is 2.08 bits per heavy atom. The molecule has 2 rings (SSSR count). The average molecular weight is 457 g/mol. The van der Waals surface area contributed by atoms with E-state index in [1.54, 1.807) is 14.2 Å². The summed E-state index contributed by atoms with van der Waals surface area (Å²) in [5, 5.41) is 11.0. The van der Waals surface area contributed by atoms with Gasteiger partial charge in [0, 0.05) is 25.4 Å². The van der Waals surface area contributed by atoms with Crippen molar-refractivity contribution in [2.24, 2.45) is 4.99 Å². The molecule has 7 heteroatoms. The van der Waals surface area contributed by atoms with Crippen LogP contribution in [0, 0.1) is 13.8 Å². The van der Waals surface area contributed by atoms with Crippen molar-refractivity contribution < 1.29 is 4.74 Å². The molecule has 1 aromatic carbocycles. The molecule has 6 nitrogen and oxygen atoms in total. The first-order valence-electron chi connectivity index (χ1n) is 8.14. The Labute approximate surface area is 167 Å². The van der Waals surface area contributed by atoms with Gasteiger partial charge in [0.25, 0.3) is 0 Å². The summed E-state index contributed by atoms with van der Waals surface area (Å²) in [6, 6.07) is 6.27. The number of aromatic nitrogens is 2. The van der Waals surface area contributed by atoms with E-state index in [2.05, 4.69) is 40.6 Å². The highest BCUT2D eigenvalue weighted by Gasteiger charge is 2.13. The monoisotopic (exact) mass is 457 g/mol. The van der Waals surface area contributed by atoms with Crippen molar-refractivity contribution in [3.05, 3.63) is 47.3 Å². The van der Waals surface area contributed by atoms with Crippen molar-refractivity contribution >= 4 is 29.9 Å². The number of guanidine groups is 1. The summed E-state index contributed by atoms with van der Waals surface area (Å²) in [7, 11) is 3.47. The predicted octanol–water partition coefficient (Wildman–Crippen LogP) is 3.05. The largest absolute Gasteiger partial charge is 0.496 e. The number of halogens is 1. The van der Waals surface area contributed by atoms with Crippen LogP contribution in [-0.4, -0.2) is 36.4 Å². The fraction of sp³-hybridized carbons (Fsp3) is 0.444. The Morgan fingerprint density at radius 1 is 1.32 bits per heavy atom. The molecule has 1 unspecified atom stereocenters. The van der Waals surface area contributed by atoms with Crippen LogP contribution in [0.2, 0.25) is 0 Å². The van der Waals surface area contributed by atoms with Crippen LogP contribution in [0.15, 0.2) is 35.6 Å². The van der Waals surface area contributed by atoms with E-state index in [0.717, 1.165) is 35.9 Å². The number of nitrogens with zero attached hydrogens (tertiary/aromatic N) is 3. The minimum atomic E-state index is 0. The first kappa shape index (κ1) is 21.3. The van der Waals surface area contributed by atoms with Crippen molar-refractivity contribution in [1.29, 1.82) is 0 Å². The van der Waals surface area contributed by atoms with Gasteiger partial charge in [0.05, 0.1) is 25.9 Å². The average Bonchev–Trinajstić information content (AvgIpc) is 2.99. The molecule has 1 heterocycles. The summed E-state index contributed by atoms with van der Waals surface area (Å²) in [5.41, 5.74) is 3.48. The van der Waals surface area contributed by atoms with Crippen LogP contribution in [0.3, 0.4) is 0 Å². The van der Waals surface area contributed by atoms with Crippen LogP contribution in [0.25, 0.3) is 0 Å². The zero-order chi connectivity index (χ0) is 17.5. The molecule has 0 aliphatic carbocycles. The molecular formula is C18H28IN5O. The number of aryl methyl sites for hydroxylation is 2. The molecule has 0 spiro atoms. The number of rotatable bonds is 6. The number of benzene rings is 1. The Balaban J connectivity index is 0.00000312. The van der Waals surface area contributed by atoms with Crippen LogP contribution in [0.1, 0.15) is 29.7 Å². The van der Waals surface area contributed by atoms with Gasteiger partial charge in [-0.05, 0) is 32.4 Å². The van der Waals surface area contributed by atoms with Crippen LogP contribution in [0.4, 0.5) is 0 Å². The third kappa shape index (κ3) is 6.22. The highest BCUT2D eigenvalue weighted by atomic mass is 127. The second kappa shape index (κ2) is 10.3. The summed E-state index contributed by atoms with van der Waals surface area (Å²) in [4.78, 5) is 4.29. The molecule has 0 amide bonds. The first-order chi connectivity index (χ1) is 11.5. The van der Waals surface area contributed by atoms with Crippen LogP contribution < -0.4 is 15.4 Å². The van der Waals surface area contributed by atoms with Gasteiger partial charge in [-0.2, -0.15) is 5.10 Å². The van der Waals surface area contributed by atoms with E-state index in [1.807, 2.05) is 36.1 Å². The number of methoxy groups -OCH3 is 1. The predicted molar refractivity (Wildman–Crippen MR) is 113 cm³/mol. The van der Waals surface area contributed by atoms with E-state index >= 15 is 0 Å². The zero-order valence-electron chi connectivity index (χ0n) is 15.5. The second-order valence-electron chi connectivity index (χ2n) is 5.89. The lowest BCUT2D eigenvalue weighted by molar-refractivity contribution is 0.405. The zero-order valence-corrected chi connectivity index (χ0v) is 17.9. The summed E-state index contributed by atoms with van der Waals surface area (Å²) in [6.45, 7) is 7.75. The molecule has 138 valence electrons. The van der Waals surface area contributed by atoms with Gasteiger partial charge in [-0.3, -0.25) is 9.67 Å². The summed E-state index contributed by atoms with van der Waals surface area (Å²) in [5.74, 6) is 1.64. The quantitative estimate of drug-likeness (QED) is 0.398. The van der Waals surface area contributed by atoms with Crippen molar-refractivity contribution in [3.63, 3.8) is 0 Å². The Hall–Kier alpha value is -1.77. The van der Waals surface area contributed by atoms with Crippen LogP contribution >= 0.6 is 24.0 Å². The molecule has 2 aromatic rings. The molecule has 0 bridgehead atoms. The van der Waals surface area contributed by atoms with Gasteiger partial charge in [0.15, 0.2) is 5.96 Å².